The number of halogens is 15. The zero-order valence-electron chi connectivity index (χ0n) is 18.9. The lowest BCUT2D eigenvalue weighted by molar-refractivity contribution is -0.404. The zero-order valence-corrected chi connectivity index (χ0v) is 20.6. The van der Waals surface area contributed by atoms with Gasteiger partial charge in [0.05, 0.1) is 0 Å². The fraction of sp³-hybridized carbons (Fsp3) is 0.350. The van der Waals surface area contributed by atoms with Crippen LogP contribution in [-0.2, 0) is 14.4 Å². The first-order valence-electron chi connectivity index (χ1n) is 9.93. The van der Waals surface area contributed by atoms with Crippen LogP contribution in [0.5, 0.6) is 0 Å². The molecule has 21 heteroatoms. The number of hydrogen-bond acceptors (Lipinski definition) is 5. The maximum absolute atomic E-state index is 14.8. The lowest BCUT2D eigenvalue weighted by Crippen LogP contribution is -2.70. The lowest BCUT2D eigenvalue weighted by Gasteiger charge is -2.39. The Balaban J connectivity index is 2.71. The number of rotatable bonds is 11. The summed E-state index contributed by atoms with van der Waals surface area (Å²) in [7, 11) is -7.08. The Hall–Kier alpha value is -2.84. The van der Waals surface area contributed by atoms with Crippen LogP contribution in [0.25, 0.3) is 0 Å². The average molecular weight is 661 g/mol. The molecular formula is C20H10F15NO3S2. The Morgan fingerprint density at radius 3 is 1.59 bits per heavy atom. The topological polar surface area (TPSA) is 55.7 Å². The molecular weight excluding hydrogens is 651 g/mol. The first kappa shape index (κ1) is 34.4. The lowest BCUT2D eigenvalue weighted by atomic mass is 9.90. The van der Waals surface area contributed by atoms with Crippen LogP contribution in [0.3, 0.4) is 0 Å². The monoisotopic (exact) mass is 661 g/mol. The van der Waals surface area contributed by atoms with Crippen molar-refractivity contribution in [3.8, 4) is 0 Å². The molecule has 41 heavy (non-hydrogen) atoms. The van der Waals surface area contributed by atoms with Gasteiger partial charge >= 0.3 is 51.7 Å². The van der Waals surface area contributed by atoms with Crippen LogP contribution in [0.1, 0.15) is 5.56 Å². The van der Waals surface area contributed by atoms with Gasteiger partial charge in [0.1, 0.15) is 0 Å². The molecule has 0 aliphatic heterocycles. The van der Waals surface area contributed by atoms with Crippen LogP contribution in [0.4, 0.5) is 65.9 Å². The molecule has 0 unspecified atom stereocenters. The summed E-state index contributed by atoms with van der Waals surface area (Å²) in [5.41, 5.74) is -11.3. The van der Waals surface area contributed by atoms with E-state index in [4.69, 9.17) is 0 Å². The molecule has 0 amide bonds. The summed E-state index contributed by atoms with van der Waals surface area (Å²) >= 11 is 0.830. The van der Waals surface area contributed by atoms with Crippen molar-refractivity contribution in [1.29, 1.82) is 0 Å². The van der Waals surface area contributed by atoms with Crippen molar-refractivity contribution < 1.29 is 78.6 Å². The zero-order chi connectivity index (χ0) is 31.9. The van der Waals surface area contributed by atoms with Crippen LogP contribution in [0.2, 0.25) is 0 Å². The molecule has 2 aromatic carbocycles. The maximum Gasteiger partial charge on any atom is 0.536 e. The Bertz CT molecular complexity index is 1340. The van der Waals surface area contributed by atoms with Crippen molar-refractivity contribution in [1.82, 2.24) is 0 Å². The highest BCUT2D eigenvalue weighted by Gasteiger charge is 2.88. The fourth-order valence-corrected chi connectivity index (χ4v) is 3.71. The van der Waals surface area contributed by atoms with Crippen LogP contribution >= 0.6 is 11.8 Å². The first-order chi connectivity index (χ1) is 18.3. The minimum atomic E-state index is -8.07. The molecule has 4 nitrogen and oxygen atoms in total. The normalized spacial score (nSPS) is 14.9. The highest BCUT2D eigenvalue weighted by Crippen LogP contribution is 2.58. The molecule has 0 atom stereocenters. The van der Waals surface area contributed by atoms with Crippen molar-refractivity contribution in [2.75, 3.05) is 0 Å². The quantitative estimate of drug-likeness (QED) is 0.107. The average Bonchev–Trinajstić information content (AvgIpc) is 2.84. The van der Waals surface area contributed by atoms with Crippen molar-refractivity contribution in [2.45, 2.75) is 51.3 Å². The molecule has 0 heterocycles. The van der Waals surface area contributed by atoms with E-state index in [2.05, 4.69) is 4.28 Å². The molecule has 0 aliphatic rings. The van der Waals surface area contributed by atoms with E-state index < -0.39 is 62.9 Å². The predicted molar refractivity (Wildman–Crippen MR) is 110 cm³/mol. The molecule has 0 aromatic heterocycles. The van der Waals surface area contributed by atoms with Gasteiger partial charge in [0, 0.05) is 15.4 Å². The van der Waals surface area contributed by atoms with Crippen LogP contribution in [-0.4, -0.2) is 55.7 Å². The second-order valence-corrected chi connectivity index (χ2v) is 10.2. The van der Waals surface area contributed by atoms with E-state index in [1.165, 1.54) is 24.3 Å². The number of hydrogen-bond donors (Lipinski definition) is 0. The second-order valence-electron chi connectivity index (χ2n) is 7.58. The van der Waals surface area contributed by atoms with E-state index >= 15 is 0 Å². The predicted octanol–water partition coefficient (Wildman–Crippen LogP) is 7.85. The smallest absolute Gasteiger partial charge is 0.261 e. The van der Waals surface area contributed by atoms with E-state index in [9.17, 15) is 74.3 Å². The molecule has 0 aliphatic carbocycles. The molecule has 0 fully saturated rings. The minimum absolute atomic E-state index is 0.0339. The highest BCUT2D eigenvalue weighted by molar-refractivity contribution is 7.99. The third-order valence-corrected chi connectivity index (χ3v) is 6.64. The van der Waals surface area contributed by atoms with Gasteiger partial charge in [0.2, 0.25) is 0 Å². The fourth-order valence-electron chi connectivity index (χ4n) is 2.61. The summed E-state index contributed by atoms with van der Waals surface area (Å²) in [5.74, 6) is -38.3. The van der Waals surface area contributed by atoms with Crippen LogP contribution in [0.15, 0.2) is 69.5 Å². The summed E-state index contributed by atoms with van der Waals surface area (Å²) in [6, 6.07) is 9.51. The number of nitrogens with zero attached hydrogens (tertiary/aromatic N) is 1. The summed E-state index contributed by atoms with van der Waals surface area (Å²) in [6.45, 7) is 0. The molecule has 2 rings (SSSR count). The van der Waals surface area contributed by atoms with Gasteiger partial charge in [-0.3, -0.25) is 4.28 Å². The number of oxime groups is 1. The van der Waals surface area contributed by atoms with Crippen LogP contribution < -0.4 is 0 Å². The van der Waals surface area contributed by atoms with Gasteiger partial charge in [-0.15, -0.1) is 0 Å². The number of benzene rings is 2. The van der Waals surface area contributed by atoms with E-state index in [-0.39, 0.29) is 17.0 Å². The van der Waals surface area contributed by atoms with Crippen molar-refractivity contribution >= 4 is 27.6 Å². The highest BCUT2D eigenvalue weighted by atomic mass is 32.2. The van der Waals surface area contributed by atoms with Gasteiger partial charge in [0.15, 0.2) is 5.71 Å². The minimum Gasteiger partial charge on any atom is -0.261 e. The van der Waals surface area contributed by atoms with Crippen molar-refractivity contribution in [3.63, 3.8) is 0 Å². The van der Waals surface area contributed by atoms with Gasteiger partial charge in [-0.1, -0.05) is 47.2 Å². The molecule has 230 valence electrons. The van der Waals surface area contributed by atoms with E-state index in [1.54, 1.807) is 11.2 Å². The SMILES string of the molecule is O=S(=O)(ON=C(c1ccc(Sc2ccccc2)cc1)C(F)(F)C(F)(F)C(F)(F)C(F)(F)C(F)(F)C(F)F)C(F)(F)F. The van der Waals surface area contributed by atoms with Gasteiger partial charge < -0.3 is 0 Å². The Morgan fingerprint density at radius 1 is 0.683 bits per heavy atom. The number of alkyl halides is 15. The van der Waals surface area contributed by atoms with Gasteiger partial charge in [0.25, 0.3) is 0 Å². The Labute approximate surface area is 223 Å². The van der Waals surface area contributed by atoms with Gasteiger partial charge in [-0.2, -0.15) is 65.5 Å². The van der Waals surface area contributed by atoms with Crippen molar-refractivity contribution in [2.24, 2.45) is 5.16 Å². The second kappa shape index (κ2) is 11.1. The molecule has 0 saturated carbocycles. The third kappa shape index (κ3) is 6.19. The summed E-state index contributed by atoms with van der Waals surface area (Å²) in [4.78, 5) is 0.485. The molecule has 0 saturated heterocycles. The van der Waals surface area contributed by atoms with Crippen LogP contribution in [0, 0.1) is 0 Å². The molecule has 0 N–H and O–H groups in total. The molecule has 0 spiro atoms. The molecule has 2 aromatic rings. The van der Waals surface area contributed by atoms with E-state index in [1.807, 2.05) is 0 Å². The Kier molecular flexibility index (Phi) is 9.30. The Morgan fingerprint density at radius 2 is 1.15 bits per heavy atom. The largest absolute Gasteiger partial charge is 0.536 e. The molecule has 0 radical (unpaired) electrons. The standard InChI is InChI=1S/C20H10F15NO3S2/c21-14(22)16(25,26)18(29,30)19(31,32)17(27,28)15(23,24)13(36-39-41(37,38)20(33,34)35)10-6-8-12(9-7-10)40-11-4-2-1-3-5-11/h1-9,14H. The van der Waals surface area contributed by atoms with E-state index in [0.29, 0.717) is 17.0 Å². The first-order valence-corrected chi connectivity index (χ1v) is 12.2. The molecule has 0 bridgehead atoms. The summed E-state index contributed by atoms with van der Waals surface area (Å²) < 4.78 is 227. The summed E-state index contributed by atoms with van der Waals surface area (Å²) in [5, 5.41) is 1.63. The third-order valence-electron chi connectivity index (χ3n) is 4.79. The summed E-state index contributed by atoms with van der Waals surface area (Å²) in [6.07, 6.45) is -5.80. The van der Waals surface area contributed by atoms with Gasteiger partial charge in [-0.05, 0) is 24.3 Å². The van der Waals surface area contributed by atoms with Crippen molar-refractivity contribution in [3.05, 3.63) is 60.2 Å². The van der Waals surface area contributed by atoms with Gasteiger partial charge in [-0.25, -0.2) is 8.78 Å². The maximum atomic E-state index is 14.8. The van der Waals surface area contributed by atoms with E-state index in [0.717, 1.165) is 11.8 Å².